The Kier molecular flexibility index (Phi) is 4.45. The fourth-order valence-electron chi connectivity index (χ4n) is 2.72. The molecule has 1 N–H and O–H groups in total. The Hall–Kier alpha value is -1.95. The Morgan fingerprint density at radius 3 is 2.81 bits per heavy atom. The average Bonchev–Trinajstić information content (AvgIpc) is 2.93. The van der Waals surface area contributed by atoms with Gasteiger partial charge in [0.15, 0.2) is 0 Å². The molecule has 6 heteroatoms. The first-order chi connectivity index (χ1) is 10.3. The van der Waals surface area contributed by atoms with Gasteiger partial charge in [0.25, 0.3) is 0 Å². The zero-order chi connectivity index (χ0) is 14.5. The minimum absolute atomic E-state index is 0.517. The van der Waals surface area contributed by atoms with Gasteiger partial charge in [0, 0.05) is 38.1 Å². The number of anilines is 1. The molecule has 0 amide bonds. The summed E-state index contributed by atoms with van der Waals surface area (Å²) in [5.41, 5.74) is 1.22. The molecule has 0 bridgehead atoms. The standard InChI is InChI=1S/C15H22N6/c1-13-10-18-21(11-13)9-8-20-6-3-14(4-7-20)19-15-2-5-16-12-17-15/h2,5,10-12,14H,3-4,6-9H2,1H3,(H,16,17,19). The van der Waals surface area contributed by atoms with Gasteiger partial charge in [-0.2, -0.15) is 5.10 Å². The lowest BCUT2D eigenvalue weighted by Gasteiger charge is -2.32. The number of nitrogens with one attached hydrogen (secondary N) is 1. The first kappa shape index (κ1) is 14.0. The Labute approximate surface area is 125 Å². The Morgan fingerprint density at radius 1 is 1.29 bits per heavy atom. The molecule has 0 saturated carbocycles. The number of hydrogen-bond donors (Lipinski definition) is 1. The molecule has 1 aliphatic rings. The minimum Gasteiger partial charge on any atom is -0.367 e. The number of likely N-dealkylation sites (tertiary alicyclic amines) is 1. The molecular weight excluding hydrogens is 264 g/mol. The van der Waals surface area contributed by atoms with E-state index in [0.29, 0.717) is 6.04 Å². The van der Waals surface area contributed by atoms with Gasteiger partial charge in [-0.1, -0.05) is 0 Å². The fraction of sp³-hybridized carbons (Fsp3) is 0.533. The summed E-state index contributed by atoms with van der Waals surface area (Å²) >= 11 is 0. The van der Waals surface area contributed by atoms with Gasteiger partial charge in [-0.05, 0) is 31.4 Å². The Morgan fingerprint density at radius 2 is 2.14 bits per heavy atom. The molecule has 1 fully saturated rings. The third-order valence-electron chi connectivity index (χ3n) is 3.93. The summed E-state index contributed by atoms with van der Waals surface area (Å²) in [6.07, 6.45) is 9.69. The topological polar surface area (TPSA) is 58.9 Å². The quantitative estimate of drug-likeness (QED) is 0.904. The number of aryl methyl sites for hydroxylation is 1. The first-order valence-electron chi connectivity index (χ1n) is 7.53. The van der Waals surface area contributed by atoms with Crippen molar-refractivity contribution < 1.29 is 0 Å². The number of piperidine rings is 1. The predicted molar refractivity (Wildman–Crippen MR) is 82.1 cm³/mol. The Balaban J connectivity index is 1.40. The third kappa shape index (κ3) is 4.01. The molecule has 1 saturated heterocycles. The summed E-state index contributed by atoms with van der Waals surface area (Å²) in [5, 5.41) is 7.82. The average molecular weight is 286 g/mol. The molecule has 0 aromatic carbocycles. The van der Waals surface area contributed by atoms with E-state index < -0.39 is 0 Å². The van der Waals surface area contributed by atoms with Crippen molar-refractivity contribution in [1.29, 1.82) is 0 Å². The zero-order valence-corrected chi connectivity index (χ0v) is 12.4. The minimum atomic E-state index is 0.517. The van der Waals surface area contributed by atoms with Crippen LogP contribution >= 0.6 is 0 Å². The van der Waals surface area contributed by atoms with Gasteiger partial charge in [-0.15, -0.1) is 0 Å². The van der Waals surface area contributed by atoms with Crippen LogP contribution in [-0.4, -0.2) is 50.3 Å². The van der Waals surface area contributed by atoms with Crippen molar-refractivity contribution in [3.63, 3.8) is 0 Å². The van der Waals surface area contributed by atoms with Crippen molar-refractivity contribution in [2.24, 2.45) is 0 Å². The van der Waals surface area contributed by atoms with Crippen LogP contribution < -0.4 is 5.32 Å². The van der Waals surface area contributed by atoms with E-state index in [1.54, 1.807) is 12.5 Å². The maximum Gasteiger partial charge on any atom is 0.129 e. The maximum atomic E-state index is 4.33. The number of hydrogen-bond acceptors (Lipinski definition) is 5. The van der Waals surface area contributed by atoms with Crippen LogP contribution in [0, 0.1) is 6.92 Å². The van der Waals surface area contributed by atoms with Gasteiger partial charge >= 0.3 is 0 Å². The second-order valence-corrected chi connectivity index (χ2v) is 5.64. The molecule has 0 spiro atoms. The van der Waals surface area contributed by atoms with Crippen LogP contribution in [0.2, 0.25) is 0 Å². The molecule has 6 nitrogen and oxygen atoms in total. The zero-order valence-electron chi connectivity index (χ0n) is 12.4. The lowest BCUT2D eigenvalue weighted by Crippen LogP contribution is -2.40. The van der Waals surface area contributed by atoms with Gasteiger partial charge in [-0.25, -0.2) is 9.97 Å². The van der Waals surface area contributed by atoms with Gasteiger partial charge in [-0.3, -0.25) is 4.68 Å². The lowest BCUT2D eigenvalue weighted by molar-refractivity contribution is 0.209. The molecule has 0 aliphatic carbocycles. The second kappa shape index (κ2) is 6.67. The molecule has 2 aromatic heterocycles. The van der Waals surface area contributed by atoms with Gasteiger partial charge in [0.1, 0.15) is 12.1 Å². The van der Waals surface area contributed by atoms with Crippen molar-refractivity contribution in [3.05, 3.63) is 36.5 Å². The van der Waals surface area contributed by atoms with Gasteiger partial charge < -0.3 is 10.2 Å². The van der Waals surface area contributed by atoms with Crippen LogP contribution in [0.4, 0.5) is 5.82 Å². The molecule has 0 unspecified atom stereocenters. The van der Waals surface area contributed by atoms with E-state index in [1.165, 1.54) is 5.56 Å². The van der Waals surface area contributed by atoms with E-state index >= 15 is 0 Å². The highest BCUT2D eigenvalue weighted by molar-refractivity contribution is 5.33. The number of nitrogens with zero attached hydrogens (tertiary/aromatic N) is 5. The van der Waals surface area contributed by atoms with Crippen molar-refractivity contribution in [1.82, 2.24) is 24.6 Å². The summed E-state index contributed by atoms with van der Waals surface area (Å²) in [7, 11) is 0. The van der Waals surface area contributed by atoms with Gasteiger partial charge in [0.05, 0.1) is 12.7 Å². The molecule has 21 heavy (non-hydrogen) atoms. The van der Waals surface area contributed by atoms with Crippen molar-refractivity contribution >= 4 is 5.82 Å². The summed E-state index contributed by atoms with van der Waals surface area (Å²) < 4.78 is 2.03. The molecule has 2 aromatic rings. The normalized spacial score (nSPS) is 17.0. The number of rotatable bonds is 5. The summed E-state index contributed by atoms with van der Waals surface area (Å²) in [4.78, 5) is 10.7. The summed E-state index contributed by atoms with van der Waals surface area (Å²) in [5.74, 6) is 0.926. The van der Waals surface area contributed by atoms with E-state index in [4.69, 9.17) is 0 Å². The third-order valence-corrected chi connectivity index (χ3v) is 3.93. The molecular formula is C15H22N6. The molecule has 1 aliphatic heterocycles. The van der Waals surface area contributed by atoms with Crippen LogP contribution in [0.5, 0.6) is 0 Å². The van der Waals surface area contributed by atoms with E-state index in [9.17, 15) is 0 Å². The molecule has 3 rings (SSSR count). The van der Waals surface area contributed by atoms with Crippen LogP contribution in [0.15, 0.2) is 31.0 Å². The van der Waals surface area contributed by atoms with Crippen molar-refractivity contribution in [2.45, 2.75) is 32.4 Å². The van der Waals surface area contributed by atoms with Crippen LogP contribution in [0.3, 0.4) is 0 Å². The maximum absolute atomic E-state index is 4.33. The van der Waals surface area contributed by atoms with E-state index in [2.05, 4.69) is 38.4 Å². The van der Waals surface area contributed by atoms with Crippen LogP contribution in [0.25, 0.3) is 0 Å². The fourth-order valence-corrected chi connectivity index (χ4v) is 2.72. The second-order valence-electron chi connectivity index (χ2n) is 5.64. The van der Waals surface area contributed by atoms with Crippen molar-refractivity contribution in [3.8, 4) is 0 Å². The summed E-state index contributed by atoms with van der Waals surface area (Å²) in [6.45, 7) is 6.37. The molecule has 3 heterocycles. The van der Waals surface area contributed by atoms with Crippen LogP contribution in [0.1, 0.15) is 18.4 Å². The summed E-state index contributed by atoms with van der Waals surface area (Å²) in [6, 6.07) is 2.44. The van der Waals surface area contributed by atoms with Gasteiger partial charge in [0.2, 0.25) is 0 Å². The molecule has 112 valence electrons. The highest BCUT2D eigenvalue weighted by Crippen LogP contribution is 2.14. The monoisotopic (exact) mass is 286 g/mol. The largest absolute Gasteiger partial charge is 0.367 e. The highest BCUT2D eigenvalue weighted by Gasteiger charge is 2.19. The SMILES string of the molecule is Cc1cnn(CCN2CCC(Nc3ccncn3)CC2)c1. The van der Waals surface area contributed by atoms with E-state index in [1.807, 2.05) is 16.9 Å². The lowest BCUT2D eigenvalue weighted by atomic mass is 10.1. The van der Waals surface area contributed by atoms with Crippen molar-refractivity contribution in [2.75, 3.05) is 25.0 Å². The smallest absolute Gasteiger partial charge is 0.129 e. The van der Waals surface area contributed by atoms with Crippen LogP contribution in [-0.2, 0) is 6.54 Å². The highest BCUT2D eigenvalue weighted by atomic mass is 15.3. The van der Waals surface area contributed by atoms with E-state index in [0.717, 1.165) is 44.8 Å². The predicted octanol–water partition coefficient (Wildman–Crippen LogP) is 1.56. The molecule has 0 radical (unpaired) electrons. The number of aromatic nitrogens is 4. The van der Waals surface area contributed by atoms with E-state index in [-0.39, 0.29) is 0 Å². The first-order valence-corrected chi connectivity index (χ1v) is 7.53. The molecule has 0 atom stereocenters. The Bertz CT molecular complexity index is 544.